The van der Waals surface area contributed by atoms with E-state index in [1.54, 1.807) is 6.26 Å². The molecule has 0 aliphatic heterocycles. The lowest BCUT2D eigenvalue weighted by Gasteiger charge is -2.27. The fourth-order valence-corrected chi connectivity index (χ4v) is 2.91. The van der Waals surface area contributed by atoms with E-state index in [1.807, 2.05) is 19.1 Å². The van der Waals surface area contributed by atoms with Crippen LogP contribution in [0.5, 0.6) is 0 Å². The second-order valence-corrected chi connectivity index (χ2v) is 6.46. The van der Waals surface area contributed by atoms with Gasteiger partial charge < -0.3 is 20.4 Å². The Labute approximate surface area is 179 Å². The fourth-order valence-electron chi connectivity index (χ4n) is 2.91. The standard InChI is InChI=1S/C19H33N5O2.HI/c1-4-20-19(22-12-11-21-18(25)15-9-10-15)23-14-16(24(5-2)6-3)17-8-7-13-26-17;/h7-8,13,15-16H,4-6,9-12,14H2,1-3H3,(H,21,25)(H2,20,22,23);1H. The van der Waals surface area contributed by atoms with Gasteiger partial charge in [-0.25, -0.2) is 0 Å². The Morgan fingerprint density at radius 1 is 1.22 bits per heavy atom. The number of nitrogens with one attached hydrogen (secondary N) is 3. The molecule has 1 unspecified atom stereocenters. The van der Waals surface area contributed by atoms with Crippen LogP contribution in [-0.2, 0) is 4.79 Å². The van der Waals surface area contributed by atoms with E-state index >= 15 is 0 Å². The molecule has 0 saturated heterocycles. The molecule has 1 aromatic heterocycles. The lowest BCUT2D eigenvalue weighted by atomic mass is 10.2. The number of carbonyl (C=O) groups is 1. The highest BCUT2D eigenvalue weighted by atomic mass is 127. The van der Waals surface area contributed by atoms with Crippen LogP contribution in [0.25, 0.3) is 0 Å². The molecule has 2 rings (SSSR count). The van der Waals surface area contributed by atoms with Crippen molar-refractivity contribution in [2.75, 3.05) is 39.3 Å². The summed E-state index contributed by atoms with van der Waals surface area (Å²) in [6, 6.07) is 4.04. The summed E-state index contributed by atoms with van der Waals surface area (Å²) in [5.74, 6) is 2.12. The molecule has 0 spiro atoms. The first-order valence-corrected chi connectivity index (χ1v) is 9.76. The summed E-state index contributed by atoms with van der Waals surface area (Å²) in [6.45, 7) is 10.9. The van der Waals surface area contributed by atoms with Crippen LogP contribution in [0.1, 0.15) is 45.4 Å². The number of likely N-dealkylation sites (N-methyl/N-ethyl adjacent to an activating group) is 1. The van der Waals surface area contributed by atoms with Gasteiger partial charge in [0.05, 0.1) is 18.8 Å². The summed E-state index contributed by atoms with van der Waals surface area (Å²) in [5, 5.41) is 9.50. The predicted molar refractivity (Wildman–Crippen MR) is 120 cm³/mol. The summed E-state index contributed by atoms with van der Waals surface area (Å²) in [7, 11) is 0. The highest BCUT2D eigenvalue weighted by Crippen LogP contribution is 2.28. The van der Waals surface area contributed by atoms with E-state index < -0.39 is 0 Å². The largest absolute Gasteiger partial charge is 0.468 e. The monoisotopic (exact) mass is 491 g/mol. The second kappa shape index (κ2) is 13.0. The van der Waals surface area contributed by atoms with Gasteiger partial charge in [-0.15, -0.1) is 24.0 Å². The Kier molecular flexibility index (Phi) is 11.4. The van der Waals surface area contributed by atoms with Crippen LogP contribution in [0, 0.1) is 5.92 Å². The van der Waals surface area contributed by atoms with Gasteiger partial charge in [0.15, 0.2) is 5.96 Å². The third-order valence-corrected chi connectivity index (χ3v) is 4.56. The highest BCUT2D eigenvalue weighted by Gasteiger charge is 2.29. The van der Waals surface area contributed by atoms with Gasteiger partial charge in [0.1, 0.15) is 5.76 Å². The van der Waals surface area contributed by atoms with E-state index in [0.717, 1.165) is 44.2 Å². The van der Waals surface area contributed by atoms with E-state index in [0.29, 0.717) is 19.6 Å². The third-order valence-electron chi connectivity index (χ3n) is 4.56. The lowest BCUT2D eigenvalue weighted by molar-refractivity contribution is -0.122. The number of furan rings is 1. The minimum absolute atomic E-state index is 0. The Bertz CT molecular complexity index is 556. The zero-order valence-corrected chi connectivity index (χ0v) is 19.0. The van der Waals surface area contributed by atoms with Gasteiger partial charge in [-0.1, -0.05) is 13.8 Å². The van der Waals surface area contributed by atoms with E-state index in [9.17, 15) is 4.79 Å². The lowest BCUT2D eigenvalue weighted by Crippen LogP contribution is -2.42. The van der Waals surface area contributed by atoms with Gasteiger partial charge >= 0.3 is 0 Å². The molecule has 0 aromatic carbocycles. The van der Waals surface area contributed by atoms with Gasteiger partial charge in [-0.3, -0.25) is 14.7 Å². The van der Waals surface area contributed by atoms with Crippen LogP contribution in [0.15, 0.2) is 27.8 Å². The number of halogens is 1. The molecule has 3 N–H and O–H groups in total. The van der Waals surface area contributed by atoms with Crippen molar-refractivity contribution >= 4 is 35.8 Å². The number of rotatable bonds is 11. The maximum atomic E-state index is 11.7. The molecule has 0 bridgehead atoms. The maximum absolute atomic E-state index is 11.7. The molecule has 154 valence electrons. The average Bonchev–Trinajstić information content (AvgIpc) is 3.37. The van der Waals surface area contributed by atoms with Gasteiger partial charge in [0, 0.05) is 25.6 Å². The number of carbonyl (C=O) groups excluding carboxylic acids is 1. The van der Waals surface area contributed by atoms with Crippen molar-refractivity contribution in [3.05, 3.63) is 24.2 Å². The molecule has 1 saturated carbocycles. The van der Waals surface area contributed by atoms with Crippen LogP contribution in [0.4, 0.5) is 0 Å². The normalized spacial score (nSPS) is 15.2. The van der Waals surface area contributed by atoms with E-state index in [1.165, 1.54) is 0 Å². The number of hydrogen-bond donors (Lipinski definition) is 3. The van der Waals surface area contributed by atoms with E-state index in [4.69, 9.17) is 9.41 Å². The molecule has 1 amide bonds. The molecule has 0 radical (unpaired) electrons. The van der Waals surface area contributed by atoms with Gasteiger partial charge in [0.25, 0.3) is 0 Å². The Balaban J connectivity index is 0.00000364. The number of hydrogen-bond acceptors (Lipinski definition) is 4. The van der Waals surface area contributed by atoms with Gasteiger partial charge in [0.2, 0.25) is 5.91 Å². The zero-order chi connectivity index (χ0) is 18.8. The second-order valence-electron chi connectivity index (χ2n) is 6.46. The van der Waals surface area contributed by atoms with Crippen molar-refractivity contribution in [2.24, 2.45) is 10.9 Å². The van der Waals surface area contributed by atoms with Crippen molar-refractivity contribution in [1.82, 2.24) is 20.9 Å². The van der Waals surface area contributed by atoms with Crippen molar-refractivity contribution in [3.63, 3.8) is 0 Å². The molecule has 1 aliphatic carbocycles. The SMILES string of the molecule is CCNC(=NCC(c1ccco1)N(CC)CC)NCCNC(=O)C1CC1.I. The van der Waals surface area contributed by atoms with Crippen molar-refractivity contribution in [1.29, 1.82) is 0 Å². The van der Waals surface area contributed by atoms with Gasteiger partial charge in [-0.05, 0) is 45.0 Å². The van der Waals surface area contributed by atoms with Crippen molar-refractivity contribution < 1.29 is 9.21 Å². The number of guanidine groups is 1. The van der Waals surface area contributed by atoms with Crippen LogP contribution >= 0.6 is 24.0 Å². The van der Waals surface area contributed by atoms with Crippen molar-refractivity contribution in [3.8, 4) is 0 Å². The zero-order valence-electron chi connectivity index (χ0n) is 16.7. The molecule has 1 aromatic rings. The molecule has 27 heavy (non-hydrogen) atoms. The predicted octanol–water partition coefficient (Wildman–Crippen LogP) is 2.36. The summed E-state index contributed by atoms with van der Waals surface area (Å²) in [6.07, 6.45) is 3.77. The minimum atomic E-state index is 0. The number of amides is 1. The first-order chi connectivity index (χ1) is 12.7. The quantitative estimate of drug-likeness (QED) is 0.192. The Morgan fingerprint density at radius 2 is 1.93 bits per heavy atom. The summed E-state index contributed by atoms with van der Waals surface area (Å²) in [5.41, 5.74) is 0. The Morgan fingerprint density at radius 3 is 2.48 bits per heavy atom. The summed E-state index contributed by atoms with van der Waals surface area (Å²) in [4.78, 5) is 18.7. The molecule has 7 nitrogen and oxygen atoms in total. The van der Waals surface area contributed by atoms with Crippen LogP contribution < -0.4 is 16.0 Å². The maximum Gasteiger partial charge on any atom is 0.223 e. The average molecular weight is 491 g/mol. The number of aliphatic imine (C=N–C) groups is 1. The van der Waals surface area contributed by atoms with E-state index in [2.05, 4.69) is 34.7 Å². The van der Waals surface area contributed by atoms with E-state index in [-0.39, 0.29) is 41.8 Å². The minimum Gasteiger partial charge on any atom is -0.468 e. The highest BCUT2D eigenvalue weighted by molar-refractivity contribution is 14.0. The Hall–Kier alpha value is -1.29. The molecule has 1 heterocycles. The van der Waals surface area contributed by atoms with Crippen molar-refractivity contribution in [2.45, 2.75) is 39.7 Å². The summed E-state index contributed by atoms with van der Waals surface area (Å²) >= 11 is 0. The number of nitrogens with zero attached hydrogens (tertiary/aromatic N) is 2. The molecular formula is C19H34IN5O2. The topological polar surface area (TPSA) is 81.9 Å². The molecule has 8 heteroatoms. The molecule has 1 atom stereocenters. The first kappa shape index (κ1) is 23.7. The van der Waals surface area contributed by atoms with Gasteiger partial charge in [-0.2, -0.15) is 0 Å². The molecule has 1 fully saturated rings. The fraction of sp³-hybridized carbons (Fsp3) is 0.684. The van der Waals surface area contributed by atoms with Crippen LogP contribution in [0.3, 0.4) is 0 Å². The van der Waals surface area contributed by atoms with Crippen LogP contribution in [0.2, 0.25) is 0 Å². The molecular weight excluding hydrogens is 457 g/mol. The summed E-state index contributed by atoms with van der Waals surface area (Å²) < 4.78 is 5.63. The van der Waals surface area contributed by atoms with Crippen LogP contribution in [-0.4, -0.2) is 56.0 Å². The third kappa shape index (κ3) is 8.08. The smallest absolute Gasteiger partial charge is 0.223 e. The molecule has 1 aliphatic rings. The first-order valence-electron chi connectivity index (χ1n) is 9.76.